The molecule has 142 valence electrons. The van der Waals surface area contributed by atoms with Crippen LogP contribution in [-0.4, -0.2) is 66.8 Å². The SMILES string of the molecule is CCNC(=NCCSC)NCCN(C(=O)OC(C)(C)C)C1CC1.I. The minimum Gasteiger partial charge on any atom is -0.444 e. The van der Waals surface area contributed by atoms with E-state index in [2.05, 4.69) is 21.9 Å². The molecule has 0 spiro atoms. The Morgan fingerprint density at radius 3 is 2.50 bits per heavy atom. The van der Waals surface area contributed by atoms with Crippen LogP contribution in [0.1, 0.15) is 40.5 Å². The number of rotatable bonds is 8. The summed E-state index contributed by atoms with van der Waals surface area (Å²) in [6, 6.07) is 0.336. The Balaban J connectivity index is 0.00000529. The lowest BCUT2D eigenvalue weighted by atomic mass is 10.2. The van der Waals surface area contributed by atoms with Crippen LogP contribution >= 0.6 is 35.7 Å². The number of hydrogen-bond acceptors (Lipinski definition) is 4. The summed E-state index contributed by atoms with van der Waals surface area (Å²) < 4.78 is 5.50. The van der Waals surface area contributed by atoms with Crippen LogP contribution in [0.5, 0.6) is 0 Å². The van der Waals surface area contributed by atoms with Crippen molar-refractivity contribution < 1.29 is 9.53 Å². The predicted molar refractivity (Wildman–Crippen MR) is 114 cm³/mol. The van der Waals surface area contributed by atoms with Crippen molar-refractivity contribution in [1.29, 1.82) is 0 Å². The second-order valence-electron chi connectivity index (χ2n) is 6.59. The van der Waals surface area contributed by atoms with Crippen molar-refractivity contribution in [2.24, 2.45) is 4.99 Å². The van der Waals surface area contributed by atoms with Gasteiger partial charge < -0.3 is 20.3 Å². The second kappa shape index (κ2) is 12.1. The third kappa shape index (κ3) is 10.5. The molecule has 0 aromatic rings. The molecule has 24 heavy (non-hydrogen) atoms. The fourth-order valence-corrected chi connectivity index (χ4v) is 2.29. The molecule has 0 aromatic carbocycles. The topological polar surface area (TPSA) is 66.0 Å². The molecule has 0 radical (unpaired) electrons. The first-order valence-electron chi connectivity index (χ1n) is 8.38. The van der Waals surface area contributed by atoms with Crippen LogP contribution in [0.2, 0.25) is 0 Å². The molecule has 0 unspecified atom stereocenters. The molecule has 0 aromatic heterocycles. The lowest BCUT2D eigenvalue weighted by Gasteiger charge is -2.27. The Morgan fingerprint density at radius 1 is 1.33 bits per heavy atom. The van der Waals surface area contributed by atoms with E-state index in [4.69, 9.17) is 4.74 Å². The van der Waals surface area contributed by atoms with Gasteiger partial charge in [-0.1, -0.05) is 0 Å². The zero-order valence-electron chi connectivity index (χ0n) is 15.6. The van der Waals surface area contributed by atoms with Gasteiger partial charge in [-0.05, 0) is 46.8 Å². The van der Waals surface area contributed by atoms with Crippen LogP contribution in [0.4, 0.5) is 4.79 Å². The summed E-state index contributed by atoms with van der Waals surface area (Å²) in [4.78, 5) is 18.6. The molecule has 0 bridgehead atoms. The van der Waals surface area contributed by atoms with Crippen molar-refractivity contribution in [2.45, 2.75) is 52.2 Å². The van der Waals surface area contributed by atoms with Gasteiger partial charge in [0.1, 0.15) is 5.60 Å². The van der Waals surface area contributed by atoms with Gasteiger partial charge in [0.25, 0.3) is 0 Å². The molecule has 1 amide bonds. The first kappa shape index (κ1) is 23.6. The Hall–Kier alpha value is -0.380. The molecule has 0 heterocycles. The maximum absolute atomic E-state index is 12.3. The number of halogens is 1. The van der Waals surface area contributed by atoms with Gasteiger partial charge in [0, 0.05) is 31.4 Å². The molecule has 0 aliphatic heterocycles. The molecule has 6 nitrogen and oxygen atoms in total. The maximum Gasteiger partial charge on any atom is 0.410 e. The Bertz CT molecular complexity index is 398. The third-order valence-corrected chi connectivity index (χ3v) is 3.76. The van der Waals surface area contributed by atoms with E-state index in [0.717, 1.165) is 37.6 Å². The molecule has 1 rings (SSSR count). The number of guanidine groups is 1. The molecule has 1 aliphatic rings. The summed E-state index contributed by atoms with van der Waals surface area (Å²) in [6.07, 6.45) is 4.00. The van der Waals surface area contributed by atoms with E-state index < -0.39 is 5.60 Å². The Labute approximate surface area is 168 Å². The van der Waals surface area contributed by atoms with Crippen molar-refractivity contribution in [3.05, 3.63) is 0 Å². The average molecular weight is 472 g/mol. The molecule has 8 heteroatoms. The van der Waals surface area contributed by atoms with Gasteiger partial charge in [-0.3, -0.25) is 4.99 Å². The second-order valence-corrected chi connectivity index (χ2v) is 7.57. The summed E-state index contributed by atoms with van der Waals surface area (Å²) in [5.41, 5.74) is -0.453. The highest BCUT2D eigenvalue weighted by Crippen LogP contribution is 2.27. The van der Waals surface area contributed by atoms with E-state index in [1.54, 1.807) is 11.8 Å². The van der Waals surface area contributed by atoms with Crippen molar-refractivity contribution >= 4 is 47.8 Å². The summed E-state index contributed by atoms with van der Waals surface area (Å²) in [7, 11) is 0. The molecular weight excluding hydrogens is 439 g/mol. The number of nitrogens with one attached hydrogen (secondary N) is 2. The van der Waals surface area contributed by atoms with Crippen molar-refractivity contribution in [3.8, 4) is 0 Å². The fraction of sp³-hybridized carbons (Fsp3) is 0.875. The molecular formula is C16H33IN4O2S. The number of nitrogens with zero attached hydrogens (tertiary/aromatic N) is 2. The largest absolute Gasteiger partial charge is 0.444 e. The van der Waals surface area contributed by atoms with E-state index >= 15 is 0 Å². The quantitative estimate of drug-likeness (QED) is 0.246. The lowest BCUT2D eigenvalue weighted by Crippen LogP contribution is -2.45. The number of carbonyl (C=O) groups excluding carboxylic acids is 1. The van der Waals surface area contributed by atoms with Gasteiger partial charge in [0.2, 0.25) is 0 Å². The van der Waals surface area contributed by atoms with Crippen LogP contribution in [-0.2, 0) is 4.74 Å². The van der Waals surface area contributed by atoms with E-state index in [-0.39, 0.29) is 30.1 Å². The van der Waals surface area contributed by atoms with Crippen LogP contribution in [0.3, 0.4) is 0 Å². The monoisotopic (exact) mass is 472 g/mol. The van der Waals surface area contributed by atoms with Gasteiger partial charge in [-0.25, -0.2) is 4.79 Å². The number of amides is 1. The zero-order chi connectivity index (χ0) is 17.3. The summed E-state index contributed by atoms with van der Waals surface area (Å²) in [6.45, 7) is 10.6. The molecule has 1 aliphatic carbocycles. The first-order chi connectivity index (χ1) is 10.9. The summed E-state index contributed by atoms with van der Waals surface area (Å²) in [5, 5.41) is 6.51. The maximum atomic E-state index is 12.3. The van der Waals surface area contributed by atoms with Crippen LogP contribution < -0.4 is 10.6 Å². The highest BCUT2D eigenvalue weighted by molar-refractivity contribution is 14.0. The molecule has 0 atom stereocenters. The first-order valence-corrected chi connectivity index (χ1v) is 9.77. The number of aliphatic imine (C=N–C) groups is 1. The highest BCUT2D eigenvalue weighted by Gasteiger charge is 2.34. The van der Waals surface area contributed by atoms with Crippen LogP contribution in [0.15, 0.2) is 4.99 Å². The van der Waals surface area contributed by atoms with Gasteiger partial charge in [-0.15, -0.1) is 24.0 Å². The Morgan fingerprint density at radius 2 is 2.00 bits per heavy atom. The van der Waals surface area contributed by atoms with Crippen molar-refractivity contribution in [1.82, 2.24) is 15.5 Å². The van der Waals surface area contributed by atoms with E-state index in [1.165, 1.54) is 0 Å². The standard InChI is InChI=1S/C16H32N4O2S.HI/c1-6-17-14(19-10-12-23-5)18-9-11-20(13-7-8-13)15(21)22-16(2,3)4;/h13H,6-12H2,1-5H3,(H2,17,18,19);1H. The number of carbonyl (C=O) groups is 1. The van der Waals surface area contributed by atoms with Crippen LogP contribution in [0, 0.1) is 0 Å². The zero-order valence-corrected chi connectivity index (χ0v) is 18.7. The number of ether oxygens (including phenoxy) is 1. The molecule has 1 saturated carbocycles. The minimum absolute atomic E-state index is 0. The molecule has 1 fully saturated rings. The highest BCUT2D eigenvalue weighted by atomic mass is 127. The molecule has 2 N–H and O–H groups in total. The Kier molecular flexibility index (Phi) is 11.9. The fourth-order valence-electron chi connectivity index (χ4n) is 2.01. The summed E-state index contributed by atoms with van der Waals surface area (Å²) >= 11 is 1.78. The van der Waals surface area contributed by atoms with Gasteiger partial charge >= 0.3 is 6.09 Å². The third-order valence-electron chi connectivity index (χ3n) is 3.17. The van der Waals surface area contributed by atoms with Gasteiger partial charge in [0.15, 0.2) is 5.96 Å². The number of thioether (sulfide) groups is 1. The normalized spacial score (nSPS) is 14.6. The molecule has 0 saturated heterocycles. The number of hydrogen-bond donors (Lipinski definition) is 2. The van der Waals surface area contributed by atoms with Crippen LogP contribution in [0.25, 0.3) is 0 Å². The van der Waals surface area contributed by atoms with Crippen molar-refractivity contribution in [3.63, 3.8) is 0 Å². The summed E-state index contributed by atoms with van der Waals surface area (Å²) in [5.74, 6) is 1.81. The van der Waals surface area contributed by atoms with Crippen molar-refractivity contribution in [2.75, 3.05) is 38.2 Å². The smallest absolute Gasteiger partial charge is 0.410 e. The van der Waals surface area contributed by atoms with E-state index in [9.17, 15) is 4.79 Å². The van der Waals surface area contributed by atoms with Gasteiger partial charge in [-0.2, -0.15) is 11.8 Å². The lowest BCUT2D eigenvalue weighted by molar-refractivity contribution is 0.0238. The van der Waals surface area contributed by atoms with E-state index in [0.29, 0.717) is 19.1 Å². The van der Waals surface area contributed by atoms with Gasteiger partial charge in [0.05, 0.1) is 6.54 Å². The van der Waals surface area contributed by atoms with E-state index in [1.807, 2.05) is 32.6 Å². The predicted octanol–water partition coefficient (Wildman–Crippen LogP) is 2.92. The average Bonchev–Trinajstić information content (AvgIpc) is 3.26. The minimum atomic E-state index is -0.453.